The molecular formula is C23H19BrCl2N2O7. The number of hydrogen-bond acceptors (Lipinski definition) is 7. The standard InChI is InChI=1S/C23H19BrCl2N2O7/c1-35-21(34)28-17(30)12-7-6-10-13(15(12)18(28)31)8-22(25)19(32)27(9-24)20(33)23(22,26)16(10)11-4-2-3-5-14(11)29/h2-6,12-13,15-16,29H,7-9H2,1H3. The van der Waals surface area contributed by atoms with Gasteiger partial charge in [-0.05, 0) is 24.8 Å². The number of phenols is 1. The fourth-order valence-corrected chi connectivity index (χ4v) is 7.52. The van der Waals surface area contributed by atoms with Crippen molar-refractivity contribution in [3.05, 3.63) is 41.5 Å². The molecule has 12 heteroatoms. The minimum absolute atomic E-state index is 0.102. The van der Waals surface area contributed by atoms with Gasteiger partial charge < -0.3 is 9.84 Å². The minimum atomic E-state index is -2.00. The van der Waals surface area contributed by atoms with E-state index in [0.29, 0.717) is 10.5 Å². The van der Waals surface area contributed by atoms with Crippen LogP contribution in [0.5, 0.6) is 5.75 Å². The number of carbonyl (C=O) groups is 5. The van der Waals surface area contributed by atoms with E-state index in [-0.39, 0.29) is 29.6 Å². The Bertz CT molecular complexity index is 1240. The maximum atomic E-state index is 13.6. The monoisotopic (exact) mass is 584 g/mol. The molecule has 2 aliphatic heterocycles. The van der Waals surface area contributed by atoms with Crippen LogP contribution in [0, 0.1) is 17.8 Å². The maximum absolute atomic E-state index is 13.6. The zero-order valence-corrected chi connectivity index (χ0v) is 21.3. The van der Waals surface area contributed by atoms with Crippen LogP contribution in [0.3, 0.4) is 0 Å². The van der Waals surface area contributed by atoms with Gasteiger partial charge in [0, 0.05) is 11.5 Å². The van der Waals surface area contributed by atoms with E-state index in [0.717, 1.165) is 12.0 Å². The average Bonchev–Trinajstić information content (AvgIpc) is 3.17. The van der Waals surface area contributed by atoms with Gasteiger partial charge in [0.1, 0.15) is 5.75 Å². The van der Waals surface area contributed by atoms with Crippen LogP contribution in [0.2, 0.25) is 0 Å². The Hall–Kier alpha value is -2.43. The molecule has 5 amide bonds. The first kappa shape index (κ1) is 24.3. The van der Waals surface area contributed by atoms with E-state index in [1.54, 1.807) is 24.3 Å². The molecule has 0 bridgehead atoms. The number of carbonyl (C=O) groups excluding carboxylic acids is 5. The van der Waals surface area contributed by atoms with Gasteiger partial charge in [-0.15, -0.1) is 23.2 Å². The van der Waals surface area contributed by atoms with E-state index >= 15 is 0 Å². The Morgan fingerprint density at radius 2 is 1.83 bits per heavy atom. The summed E-state index contributed by atoms with van der Waals surface area (Å²) < 4.78 is 4.63. The average molecular weight is 586 g/mol. The largest absolute Gasteiger partial charge is 0.508 e. The van der Waals surface area contributed by atoms with Crippen molar-refractivity contribution in [3.8, 4) is 5.75 Å². The number of ether oxygens (including phenoxy) is 1. The van der Waals surface area contributed by atoms with E-state index in [4.69, 9.17) is 23.2 Å². The van der Waals surface area contributed by atoms with Crippen LogP contribution in [0.25, 0.3) is 0 Å². The van der Waals surface area contributed by atoms with Crippen LogP contribution >= 0.6 is 39.1 Å². The molecule has 6 unspecified atom stereocenters. The molecule has 4 aliphatic rings. The van der Waals surface area contributed by atoms with E-state index in [2.05, 4.69) is 20.7 Å². The molecule has 6 atom stereocenters. The van der Waals surface area contributed by atoms with Crippen LogP contribution in [0.4, 0.5) is 4.79 Å². The smallest absolute Gasteiger partial charge is 0.423 e. The van der Waals surface area contributed by atoms with Crippen molar-refractivity contribution in [1.29, 1.82) is 0 Å². The highest BCUT2D eigenvalue weighted by Crippen LogP contribution is 2.66. The molecular weight excluding hydrogens is 567 g/mol. The van der Waals surface area contributed by atoms with Gasteiger partial charge in [0.15, 0.2) is 9.75 Å². The number of halogens is 3. The third-order valence-corrected chi connectivity index (χ3v) is 9.53. The maximum Gasteiger partial charge on any atom is 0.423 e. The highest BCUT2D eigenvalue weighted by atomic mass is 79.9. The number of alkyl halides is 3. The Labute approximate surface area is 218 Å². The number of methoxy groups -OCH3 is 1. The fraction of sp³-hybridized carbons (Fsp3) is 0.435. The molecule has 0 spiro atoms. The second-order valence-corrected chi connectivity index (χ2v) is 10.8. The summed E-state index contributed by atoms with van der Waals surface area (Å²) in [6, 6.07) is 6.24. The van der Waals surface area contributed by atoms with Crippen LogP contribution in [0.1, 0.15) is 24.3 Å². The Morgan fingerprint density at radius 3 is 2.46 bits per heavy atom. The number of rotatable bonds is 2. The van der Waals surface area contributed by atoms with Crippen molar-refractivity contribution in [2.75, 3.05) is 12.6 Å². The lowest BCUT2D eigenvalue weighted by Crippen LogP contribution is -2.60. The second kappa shape index (κ2) is 8.04. The van der Waals surface area contributed by atoms with Gasteiger partial charge in [-0.25, -0.2) is 4.79 Å². The van der Waals surface area contributed by atoms with E-state index in [1.165, 1.54) is 6.07 Å². The molecule has 184 valence electrons. The van der Waals surface area contributed by atoms with Gasteiger partial charge >= 0.3 is 6.09 Å². The third-order valence-electron chi connectivity index (χ3n) is 7.62. The summed E-state index contributed by atoms with van der Waals surface area (Å²) in [7, 11) is 1.07. The van der Waals surface area contributed by atoms with E-state index in [9.17, 15) is 29.1 Å². The molecule has 1 aromatic rings. The minimum Gasteiger partial charge on any atom is -0.508 e. The van der Waals surface area contributed by atoms with Gasteiger partial charge in [-0.3, -0.25) is 24.1 Å². The molecule has 3 fully saturated rings. The lowest BCUT2D eigenvalue weighted by Gasteiger charge is -2.50. The van der Waals surface area contributed by atoms with Crippen LogP contribution in [0.15, 0.2) is 35.9 Å². The topological polar surface area (TPSA) is 121 Å². The van der Waals surface area contributed by atoms with Crippen LogP contribution in [-0.2, 0) is 23.9 Å². The summed E-state index contributed by atoms with van der Waals surface area (Å²) in [4.78, 5) is 62.9. The molecule has 1 N–H and O–H groups in total. The summed E-state index contributed by atoms with van der Waals surface area (Å²) in [5.74, 6) is -6.80. The highest BCUT2D eigenvalue weighted by molar-refractivity contribution is 9.09. The van der Waals surface area contributed by atoms with Gasteiger partial charge in [-0.1, -0.05) is 45.8 Å². The van der Waals surface area contributed by atoms with E-state index < -0.39 is 63.1 Å². The number of likely N-dealkylation sites (tertiary alicyclic amines) is 2. The Morgan fingerprint density at radius 1 is 1.14 bits per heavy atom. The number of imide groups is 4. The number of fused-ring (bicyclic) bond motifs is 4. The first-order valence-electron chi connectivity index (χ1n) is 10.8. The number of benzene rings is 1. The second-order valence-electron chi connectivity index (χ2n) is 9.03. The predicted molar refractivity (Wildman–Crippen MR) is 126 cm³/mol. The normalized spacial score (nSPS) is 36.1. The Balaban J connectivity index is 1.73. The number of phenolic OH excluding ortho intramolecular Hbond substituents is 1. The molecule has 1 aromatic carbocycles. The first-order chi connectivity index (χ1) is 16.5. The summed E-state index contributed by atoms with van der Waals surface area (Å²) in [6.07, 6.45) is 0.515. The zero-order chi connectivity index (χ0) is 25.4. The third kappa shape index (κ3) is 2.90. The molecule has 2 heterocycles. The summed E-state index contributed by atoms with van der Waals surface area (Å²) in [5, 5.41) is 10.7. The molecule has 2 saturated heterocycles. The van der Waals surface area contributed by atoms with Gasteiger partial charge in [0.05, 0.1) is 24.4 Å². The molecule has 2 aliphatic carbocycles. The number of allylic oxidation sites excluding steroid dienone is 2. The number of nitrogens with zero attached hydrogens (tertiary/aromatic N) is 2. The predicted octanol–water partition coefficient (Wildman–Crippen LogP) is 2.87. The van der Waals surface area contributed by atoms with Gasteiger partial charge in [0.25, 0.3) is 11.8 Å². The molecule has 9 nitrogen and oxygen atoms in total. The molecule has 0 radical (unpaired) electrons. The summed E-state index contributed by atoms with van der Waals surface area (Å²) in [5.41, 5.74) is 0.635. The van der Waals surface area contributed by atoms with Crippen molar-refractivity contribution in [2.45, 2.75) is 28.5 Å². The fourth-order valence-electron chi connectivity index (χ4n) is 6.10. The van der Waals surface area contributed by atoms with Crippen LogP contribution in [-0.4, -0.2) is 66.9 Å². The summed E-state index contributed by atoms with van der Waals surface area (Å²) >= 11 is 17.2. The first-order valence-corrected chi connectivity index (χ1v) is 12.7. The highest BCUT2D eigenvalue weighted by Gasteiger charge is 2.76. The Kier molecular flexibility index (Phi) is 5.58. The van der Waals surface area contributed by atoms with Crippen molar-refractivity contribution < 1.29 is 33.8 Å². The number of amides is 5. The van der Waals surface area contributed by atoms with Crippen molar-refractivity contribution in [3.63, 3.8) is 0 Å². The molecule has 5 rings (SSSR count). The lowest BCUT2D eigenvalue weighted by molar-refractivity contribution is -0.140. The quantitative estimate of drug-likeness (QED) is 0.245. The molecule has 1 saturated carbocycles. The number of hydrogen-bond donors (Lipinski definition) is 1. The SMILES string of the molecule is COC(=O)N1C(=O)C2CC=C3C(CC4(Cl)C(=O)N(CBr)C(=O)C4(Cl)C3c3ccccc3O)C2C1=O. The van der Waals surface area contributed by atoms with E-state index in [1.807, 2.05) is 0 Å². The van der Waals surface area contributed by atoms with Crippen molar-refractivity contribution in [2.24, 2.45) is 17.8 Å². The molecule has 35 heavy (non-hydrogen) atoms. The van der Waals surface area contributed by atoms with Gasteiger partial charge in [0.2, 0.25) is 11.8 Å². The van der Waals surface area contributed by atoms with Crippen molar-refractivity contribution >= 4 is 68.9 Å². The van der Waals surface area contributed by atoms with Gasteiger partial charge in [-0.2, -0.15) is 4.90 Å². The summed E-state index contributed by atoms with van der Waals surface area (Å²) in [6.45, 7) is 0. The molecule has 0 aromatic heterocycles. The van der Waals surface area contributed by atoms with Crippen LogP contribution < -0.4 is 0 Å². The number of aromatic hydroxyl groups is 1. The number of para-hydroxylation sites is 1. The lowest BCUT2D eigenvalue weighted by atomic mass is 9.56. The van der Waals surface area contributed by atoms with Crippen molar-refractivity contribution in [1.82, 2.24) is 9.80 Å². The zero-order valence-electron chi connectivity index (χ0n) is 18.2.